The third-order valence-electron chi connectivity index (χ3n) is 4.37. The van der Waals surface area contributed by atoms with E-state index in [1.165, 1.54) is 12.1 Å². The van der Waals surface area contributed by atoms with Gasteiger partial charge in [0.15, 0.2) is 6.04 Å². The number of phenolic OH excluding ortho intramolecular Hbond substituents is 1. The van der Waals surface area contributed by atoms with Gasteiger partial charge in [-0.3, -0.25) is 9.59 Å². The van der Waals surface area contributed by atoms with Crippen molar-refractivity contribution in [1.82, 2.24) is 10.6 Å². The Balaban J connectivity index is 3.00. The fourth-order valence-electron chi connectivity index (χ4n) is 2.41. The quantitative estimate of drug-likeness (QED) is 0.416. The second-order valence-corrected chi connectivity index (χ2v) is 7.33. The van der Waals surface area contributed by atoms with Crippen LogP contribution in [-0.4, -0.2) is 41.0 Å². The molecule has 8 nitrogen and oxygen atoms in total. The third-order valence-corrected chi connectivity index (χ3v) is 4.37. The van der Waals surface area contributed by atoms with Crippen LogP contribution in [-0.2, 0) is 20.8 Å². The zero-order chi connectivity index (χ0) is 20.7. The van der Waals surface area contributed by atoms with Crippen molar-refractivity contribution in [2.24, 2.45) is 11.8 Å². The summed E-state index contributed by atoms with van der Waals surface area (Å²) in [5, 5.41) is 25.7. The summed E-state index contributed by atoms with van der Waals surface area (Å²) in [6.45, 7) is 6.99. The number of phenols is 1. The zero-order valence-corrected chi connectivity index (χ0v) is 16.2. The van der Waals surface area contributed by atoms with Gasteiger partial charge >= 0.3 is 0 Å². The average molecular weight is 379 g/mol. The van der Waals surface area contributed by atoms with E-state index in [2.05, 4.69) is 16.4 Å². The molecule has 1 rings (SSSR count). The fraction of sp³-hybridized carbons (Fsp3) is 0.526. The summed E-state index contributed by atoms with van der Waals surface area (Å²) in [4.78, 5) is 36.3. The largest absolute Gasteiger partial charge is 0.548 e. The molecule has 150 valence electrons. The molecule has 1 aromatic rings. The van der Waals surface area contributed by atoms with Crippen molar-refractivity contribution >= 4 is 17.8 Å². The molecule has 0 aliphatic carbocycles. The number of rotatable bonds is 9. The van der Waals surface area contributed by atoms with Crippen molar-refractivity contribution in [2.75, 3.05) is 0 Å². The number of nitrogens with one attached hydrogen (secondary N) is 2. The van der Waals surface area contributed by atoms with E-state index in [0.717, 1.165) is 0 Å². The molecule has 0 aliphatic heterocycles. The van der Waals surface area contributed by atoms with Crippen molar-refractivity contribution < 1.29 is 30.3 Å². The maximum absolute atomic E-state index is 12.7. The summed E-state index contributed by atoms with van der Waals surface area (Å²) in [6.07, 6.45) is 0.139. The van der Waals surface area contributed by atoms with Gasteiger partial charge < -0.3 is 31.4 Å². The molecule has 0 unspecified atom stereocenters. The Morgan fingerprint density at radius 2 is 1.56 bits per heavy atom. The van der Waals surface area contributed by atoms with Crippen LogP contribution in [0.4, 0.5) is 0 Å². The molecule has 0 saturated heterocycles. The SMILES string of the molecule is CC(C)[C@H]([NH3+])C(=O)N[C@@H](Cc1ccc(O)cc1)C(=O)N[C@H](C(=O)[O-])C(C)C. The van der Waals surface area contributed by atoms with Crippen molar-refractivity contribution in [1.29, 1.82) is 0 Å². The molecule has 0 radical (unpaired) electrons. The smallest absolute Gasteiger partial charge is 0.279 e. The first-order valence-corrected chi connectivity index (χ1v) is 8.95. The minimum Gasteiger partial charge on any atom is -0.548 e. The molecule has 1 aromatic carbocycles. The van der Waals surface area contributed by atoms with Gasteiger partial charge in [-0.25, -0.2) is 0 Å². The fourth-order valence-corrected chi connectivity index (χ4v) is 2.41. The van der Waals surface area contributed by atoms with Crippen LogP contribution >= 0.6 is 0 Å². The molecule has 6 N–H and O–H groups in total. The summed E-state index contributed by atoms with van der Waals surface area (Å²) in [5.74, 6) is -2.70. The number of aliphatic carboxylic acids is 1. The summed E-state index contributed by atoms with van der Waals surface area (Å²) in [5.41, 5.74) is 4.51. The first kappa shape index (κ1) is 22.4. The van der Waals surface area contributed by atoms with Crippen LogP contribution in [0.15, 0.2) is 24.3 Å². The second-order valence-electron chi connectivity index (χ2n) is 7.33. The van der Waals surface area contributed by atoms with E-state index < -0.39 is 35.9 Å². The molecule has 0 spiro atoms. The summed E-state index contributed by atoms with van der Waals surface area (Å²) >= 11 is 0. The second kappa shape index (κ2) is 9.91. The first-order valence-electron chi connectivity index (χ1n) is 8.95. The van der Waals surface area contributed by atoms with Crippen LogP contribution in [0.1, 0.15) is 33.3 Å². The summed E-state index contributed by atoms with van der Waals surface area (Å²) < 4.78 is 0. The highest BCUT2D eigenvalue weighted by molar-refractivity contribution is 5.91. The molecule has 2 amide bonds. The van der Waals surface area contributed by atoms with Gasteiger partial charge in [-0.15, -0.1) is 0 Å². The molecule has 0 aromatic heterocycles. The van der Waals surface area contributed by atoms with E-state index in [-0.39, 0.29) is 24.0 Å². The van der Waals surface area contributed by atoms with Crippen LogP contribution in [0.25, 0.3) is 0 Å². The number of benzene rings is 1. The number of aromatic hydroxyl groups is 1. The Bertz CT molecular complexity index is 658. The number of hydrogen-bond donors (Lipinski definition) is 4. The predicted molar refractivity (Wildman–Crippen MR) is 97.0 cm³/mol. The number of carbonyl (C=O) groups excluding carboxylic acids is 3. The van der Waals surface area contributed by atoms with Crippen molar-refractivity contribution in [3.8, 4) is 5.75 Å². The van der Waals surface area contributed by atoms with Crippen LogP contribution in [0, 0.1) is 11.8 Å². The lowest BCUT2D eigenvalue weighted by atomic mass is 10.00. The zero-order valence-electron chi connectivity index (χ0n) is 16.2. The minimum atomic E-state index is -1.38. The Hall–Kier alpha value is -2.61. The van der Waals surface area contributed by atoms with Gasteiger partial charge in [0.1, 0.15) is 11.8 Å². The van der Waals surface area contributed by atoms with E-state index in [1.807, 2.05) is 13.8 Å². The molecule has 8 heteroatoms. The van der Waals surface area contributed by atoms with Gasteiger partial charge in [-0.05, 0) is 23.6 Å². The molecule has 0 heterocycles. The Labute approximate surface area is 159 Å². The molecule has 0 fully saturated rings. The van der Waals surface area contributed by atoms with Crippen molar-refractivity contribution in [3.63, 3.8) is 0 Å². The number of quaternary nitrogens is 1. The van der Waals surface area contributed by atoms with Crippen LogP contribution in [0.3, 0.4) is 0 Å². The Kier molecular flexibility index (Phi) is 8.24. The van der Waals surface area contributed by atoms with Gasteiger partial charge in [-0.2, -0.15) is 0 Å². The number of hydrogen-bond acceptors (Lipinski definition) is 5. The third kappa shape index (κ3) is 6.90. The number of carbonyl (C=O) groups is 3. The van der Waals surface area contributed by atoms with Gasteiger partial charge in [-0.1, -0.05) is 39.8 Å². The van der Waals surface area contributed by atoms with E-state index >= 15 is 0 Å². The van der Waals surface area contributed by atoms with Crippen molar-refractivity contribution in [2.45, 2.75) is 52.2 Å². The Morgan fingerprint density at radius 1 is 1.00 bits per heavy atom. The molecule has 0 saturated carbocycles. The van der Waals surface area contributed by atoms with Crippen LogP contribution in [0.2, 0.25) is 0 Å². The van der Waals surface area contributed by atoms with Gasteiger partial charge in [0.05, 0.1) is 12.0 Å². The average Bonchev–Trinajstić information content (AvgIpc) is 2.59. The standard InChI is InChI=1S/C19H29N3O5/c1-10(2)15(20)18(25)21-14(9-12-5-7-13(23)8-6-12)17(24)22-16(11(3)4)19(26)27/h5-8,10-11,14-16,23H,9,20H2,1-4H3,(H,21,25)(H,22,24)(H,26,27)/t14-,15-,16-/m0/s1. The number of amides is 2. The van der Waals surface area contributed by atoms with Crippen molar-refractivity contribution in [3.05, 3.63) is 29.8 Å². The number of carboxylic acids is 1. The number of carboxylic acid groups (broad SMARTS) is 1. The highest BCUT2D eigenvalue weighted by Crippen LogP contribution is 2.12. The first-order chi connectivity index (χ1) is 12.5. The van der Waals surface area contributed by atoms with Gasteiger partial charge in [0.2, 0.25) is 5.91 Å². The Morgan fingerprint density at radius 3 is 2.00 bits per heavy atom. The monoisotopic (exact) mass is 379 g/mol. The molecule has 0 bridgehead atoms. The van der Waals surface area contributed by atoms with E-state index in [4.69, 9.17) is 0 Å². The van der Waals surface area contributed by atoms with E-state index in [9.17, 15) is 24.6 Å². The highest BCUT2D eigenvalue weighted by Gasteiger charge is 2.29. The lowest BCUT2D eigenvalue weighted by Crippen LogP contribution is -2.71. The van der Waals surface area contributed by atoms with Crippen LogP contribution < -0.4 is 21.5 Å². The lowest BCUT2D eigenvalue weighted by Gasteiger charge is -2.27. The van der Waals surface area contributed by atoms with Gasteiger partial charge in [0, 0.05) is 12.3 Å². The molecule has 0 aliphatic rings. The summed E-state index contributed by atoms with van der Waals surface area (Å²) in [7, 11) is 0. The normalized spacial score (nSPS) is 14.5. The van der Waals surface area contributed by atoms with Crippen LogP contribution in [0.5, 0.6) is 5.75 Å². The lowest BCUT2D eigenvalue weighted by molar-refractivity contribution is -0.414. The minimum absolute atomic E-state index is 0.0194. The van der Waals surface area contributed by atoms with E-state index in [0.29, 0.717) is 5.56 Å². The molecule has 27 heavy (non-hydrogen) atoms. The van der Waals surface area contributed by atoms with Gasteiger partial charge in [0.25, 0.3) is 5.91 Å². The topological polar surface area (TPSA) is 146 Å². The maximum Gasteiger partial charge on any atom is 0.279 e. The maximum atomic E-state index is 12.7. The van der Waals surface area contributed by atoms with E-state index in [1.54, 1.807) is 26.0 Å². The highest BCUT2D eigenvalue weighted by atomic mass is 16.4. The summed E-state index contributed by atoms with van der Waals surface area (Å²) in [6, 6.07) is 3.50. The molecular weight excluding hydrogens is 350 g/mol. The molecule has 3 atom stereocenters. The predicted octanol–water partition coefficient (Wildman–Crippen LogP) is -1.42. The molecular formula is C19H29N3O5.